The molecular formula is C13H17N3O2. The quantitative estimate of drug-likeness (QED) is 0.639. The van der Waals surface area contributed by atoms with Crippen LogP contribution in [0.5, 0.6) is 0 Å². The first-order valence-corrected chi connectivity index (χ1v) is 5.99. The van der Waals surface area contributed by atoms with Gasteiger partial charge in [0.25, 0.3) is 5.69 Å². The van der Waals surface area contributed by atoms with Crippen LogP contribution in [0, 0.1) is 28.4 Å². The average molecular weight is 247 g/mol. The molecular weight excluding hydrogens is 230 g/mol. The van der Waals surface area contributed by atoms with Crippen LogP contribution in [0.3, 0.4) is 0 Å². The van der Waals surface area contributed by atoms with Crippen LogP contribution in [0.25, 0.3) is 0 Å². The van der Waals surface area contributed by atoms with Crippen molar-refractivity contribution in [3.05, 3.63) is 33.4 Å². The van der Waals surface area contributed by atoms with Crippen molar-refractivity contribution in [3.63, 3.8) is 0 Å². The second kappa shape index (κ2) is 6.01. The number of hydrogen-bond donors (Lipinski definition) is 1. The summed E-state index contributed by atoms with van der Waals surface area (Å²) in [6, 6.07) is 5.18. The third kappa shape index (κ3) is 2.98. The van der Waals surface area contributed by atoms with Crippen molar-refractivity contribution in [1.29, 1.82) is 5.26 Å². The largest absolute Gasteiger partial charge is 0.377 e. The summed E-state index contributed by atoms with van der Waals surface area (Å²) in [6.45, 7) is 5.84. The maximum absolute atomic E-state index is 11.0. The summed E-state index contributed by atoms with van der Waals surface area (Å²) in [7, 11) is 0. The van der Waals surface area contributed by atoms with E-state index in [0.29, 0.717) is 11.3 Å². The summed E-state index contributed by atoms with van der Waals surface area (Å²) >= 11 is 0. The summed E-state index contributed by atoms with van der Waals surface area (Å²) in [5.74, 6) is 0. The lowest BCUT2D eigenvalue weighted by Crippen LogP contribution is -2.18. The van der Waals surface area contributed by atoms with Gasteiger partial charge in [0.1, 0.15) is 5.69 Å². The molecule has 0 unspecified atom stereocenters. The first-order valence-electron chi connectivity index (χ1n) is 5.99. The molecule has 0 fully saturated rings. The Morgan fingerprint density at radius 2 is 2.06 bits per heavy atom. The van der Waals surface area contributed by atoms with Gasteiger partial charge in [-0.2, -0.15) is 5.26 Å². The third-order valence-electron chi connectivity index (χ3n) is 3.01. The van der Waals surface area contributed by atoms with Crippen molar-refractivity contribution in [3.8, 4) is 6.07 Å². The average Bonchev–Trinajstić information content (AvgIpc) is 2.35. The Kier molecular flexibility index (Phi) is 4.67. The normalized spacial score (nSPS) is 10.2. The lowest BCUT2D eigenvalue weighted by molar-refractivity contribution is -0.384. The second-order valence-corrected chi connectivity index (χ2v) is 4.21. The molecule has 0 aliphatic heterocycles. The van der Waals surface area contributed by atoms with Gasteiger partial charge in [-0.1, -0.05) is 13.8 Å². The molecule has 0 aromatic heterocycles. The maximum Gasteiger partial charge on any atom is 0.293 e. The van der Waals surface area contributed by atoms with Gasteiger partial charge in [0.15, 0.2) is 0 Å². The molecule has 5 nitrogen and oxygen atoms in total. The zero-order valence-electron chi connectivity index (χ0n) is 10.9. The number of rotatable bonds is 5. The highest BCUT2D eigenvalue weighted by molar-refractivity contribution is 5.66. The Labute approximate surface area is 107 Å². The fraction of sp³-hybridized carbons (Fsp3) is 0.462. The molecule has 0 amide bonds. The fourth-order valence-corrected chi connectivity index (χ4v) is 1.80. The van der Waals surface area contributed by atoms with Crippen LogP contribution in [0.4, 0.5) is 11.4 Å². The summed E-state index contributed by atoms with van der Waals surface area (Å²) in [6.07, 6.45) is 1.79. The monoisotopic (exact) mass is 247 g/mol. The second-order valence-electron chi connectivity index (χ2n) is 4.21. The molecule has 0 spiro atoms. The van der Waals surface area contributed by atoms with E-state index in [9.17, 15) is 10.1 Å². The zero-order chi connectivity index (χ0) is 13.7. The number of nitro groups is 1. The van der Waals surface area contributed by atoms with Crippen molar-refractivity contribution in [2.24, 2.45) is 0 Å². The van der Waals surface area contributed by atoms with Crippen LogP contribution in [0.2, 0.25) is 0 Å². The van der Waals surface area contributed by atoms with E-state index in [1.54, 1.807) is 13.0 Å². The predicted octanol–water partition coefficient (Wildman–Crippen LogP) is 3.38. The number of anilines is 1. The minimum atomic E-state index is -0.453. The highest BCUT2D eigenvalue weighted by Crippen LogP contribution is 2.29. The van der Waals surface area contributed by atoms with Gasteiger partial charge in [-0.15, -0.1) is 0 Å². The fourth-order valence-electron chi connectivity index (χ4n) is 1.80. The molecule has 1 aromatic carbocycles. The van der Waals surface area contributed by atoms with Crippen molar-refractivity contribution >= 4 is 11.4 Å². The molecule has 1 aromatic rings. The predicted molar refractivity (Wildman–Crippen MR) is 70.5 cm³/mol. The molecule has 0 atom stereocenters. The van der Waals surface area contributed by atoms with E-state index in [1.807, 2.05) is 19.9 Å². The molecule has 1 rings (SSSR count). The minimum absolute atomic E-state index is 0.0379. The van der Waals surface area contributed by atoms with Gasteiger partial charge in [0.05, 0.1) is 16.6 Å². The van der Waals surface area contributed by atoms with E-state index in [2.05, 4.69) is 5.32 Å². The molecule has 0 aliphatic carbocycles. The molecule has 1 N–H and O–H groups in total. The smallest absolute Gasteiger partial charge is 0.293 e. The number of nitro benzene ring substituents is 1. The van der Waals surface area contributed by atoms with Gasteiger partial charge in [0, 0.05) is 12.1 Å². The van der Waals surface area contributed by atoms with Gasteiger partial charge in [-0.3, -0.25) is 10.1 Å². The maximum atomic E-state index is 11.0. The van der Waals surface area contributed by atoms with Crippen LogP contribution < -0.4 is 5.32 Å². The van der Waals surface area contributed by atoms with E-state index in [1.165, 1.54) is 6.07 Å². The Morgan fingerprint density at radius 3 is 2.50 bits per heavy atom. The Bertz CT molecular complexity index is 488. The van der Waals surface area contributed by atoms with E-state index in [4.69, 9.17) is 5.26 Å². The molecule has 0 aliphatic rings. The standard InChI is InChI=1S/C13H17N3O2/c1-4-11(5-2)15-12-6-9(3)10(8-14)7-13(12)16(17)18/h6-7,11,15H,4-5H2,1-3H3. The van der Waals surface area contributed by atoms with E-state index >= 15 is 0 Å². The van der Waals surface area contributed by atoms with Crippen molar-refractivity contribution in [1.82, 2.24) is 0 Å². The van der Waals surface area contributed by atoms with Crippen LogP contribution in [0.1, 0.15) is 37.8 Å². The number of aryl methyl sites for hydroxylation is 1. The highest BCUT2D eigenvalue weighted by Gasteiger charge is 2.18. The van der Waals surface area contributed by atoms with E-state index in [0.717, 1.165) is 18.4 Å². The van der Waals surface area contributed by atoms with Gasteiger partial charge in [-0.05, 0) is 31.4 Å². The number of hydrogen-bond acceptors (Lipinski definition) is 4. The van der Waals surface area contributed by atoms with Gasteiger partial charge in [-0.25, -0.2) is 0 Å². The first-order chi connectivity index (χ1) is 8.53. The first kappa shape index (κ1) is 14.0. The molecule has 96 valence electrons. The number of nitriles is 1. The topological polar surface area (TPSA) is 79.0 Å². The number of nitrogens with zero attached hydrogens (tertiary/aromatic N) is 2. The summed E-state index contributed by atoms with van der Waals surface area (Å²) in [5, 5.41) is 23.1. The van der Waals surface area contributed by atoms with Gasteiger partial charge >= 0.3 is 0 Å². The van der Waals surface area contributed by atoms with Gasteiger partial charge in [0.2, 0.25) is 0 Å². The van der Waals surface area contributed by atoms with E-state index in [-0.39, 0.29) is 11.7 Å². The molecule has 0 bridgehead atoms. The van der Waals surface area contributed by atoms with Crippen LogP contribution in [-0.2, 0) is 0 Å². The SMILES string of the molecule is CCC(CC)Nc1cc(C)c(C#N)cc1[N+](=O)[O-]. The van der Waals surface area contributed by atoms with E-state index < -0.39 is 4.92 Å². The molecule has 0 saturated heterocycles. The Hall–Kier alpha value is -2.09. The molecule has 0 saturated carbocycles. The molecule has 0 radical (unpaired) electrons. The van der Waals surface area contributed by atoms with Crippen LogP contribution in [0.15, 0.2) is 12.1 Å². The lowest BCUT2D eigenvalue weighted by Gasteiger charge is -2.16. The minimum Gasteiger partial charge on any atom is -0.377 e. The van der Waals surface area contributed by atoms with Crippen molar-refractivity contribution in [2.75, 3.05) is 5.32 Å². The highest BCUT2D eigenvalue weighted by atomic mass is 16.6. The summed E-state index contributed by atoms with van der Waals surface area (Å²) in [4.78, 5) is 10.6. The third-order valence-corrected chi connectivity index (χ3v) is 3.01. The van der Waals surface area contributed by atoms with Crippen molar-refractivity contribution < 1.29 is 4.92 Å². The zero-order valence-corrected chi connectivity index (χ0v) is 10.9. The Balaban J connectivity index is 3.21. The van der Waals surface area contributed by atoms with Crippen molar-refractivity contribution in [2.45, 2.75) is 39.7 Å². The number of nitrogens with one attached hydrogen (secondary N) is 1. The van der Waals surface area contributed by atoms with Crippen LogP contribution >= 0.6 is 0 Å². The molecule has 18 heavy (non-hydrogen) atoms. The number of benzene rings is 1. The van der Waals surface area contributed by atoms with Gasteiger partial charge < -0.3 is 5.32 Å². The van der Waals surface area contributed by atoms with Crippen LogP contribution in [-0.4, -0.2) is 11.0 Å². The molecule has 5 heteroatoms. The lowest BCUT2D eigenvalue weighted by atomic mass is 10.1. The summed E-state index contributed by atoms with van der Waals surface area (Å²) in [5.41, 5.74) is 1.54. The summed E-state index contributed by atoms with van der Waals surface area (Å²) < 4.78 is 0. The Morgan fingerprint density at radius 1 is 1.44 bits per heavy atom. The molecule has 0 heterocycles.